The van der Waals surface area contributed by atoms with Crippen LogP contribution in [0.4, 0.5) is 0 Å². The van der Waals surface area contributed by atoms with E-state index in [0.717, 1.165) is 19.0 Å². The molecule has 0 aliphatic heterocycles. The average molecular weight is 356 g/mol. The summed E-state index contributed by atoms with van der Waals surface area (Å²) in [5, 5.41) is 9.96. The van der Waals surface area contributed by atoms with Gasteiger partial charge in [0.2, 0.25) is 0 Å². The number of rotatable bonds is 6. The average Bonchev–Trinajstić information content (AvgIpc) is 2.45. The van der Waals surface area contributed by atoms with Crippen LogP contribution in [0.3, 0.4) is 0 Å². The first-order valence-corrected chi connectivity index (χ1v) is 8.72. The van der Waals surface area contributed by atoms with Crippen molar-refractivity contribution in [2.45, 2.75) is 45.6 Å². The summed E-state index contributed by atoms with van der Waals surface area (Å²) in [4.78, 5) is 2.38. The molecule has 0 unspecified atom stereocenters. The van der Waals surface area contributed by atoms with Gasteiger partial charge in [-0.2, -0.15) is 0 Å². The van der Waals surface area contributed by atoms with E-state index in [0.29, 0.717) is 16.8 Å². The quantitative estimate of drug-likeness (QED) is 0.811. The largest absolute Gasteiger partial charge is 0.503 e. The highest BCUT2D eigenvalue weighted by atomic mass is 79.9. The molecule has 1 N–H and O–H groups in total. The van der Waals surface area contributed by atoms with Crippen molar-refractivity contribution < 1.29 is 9.84 Å². The third-order valence-corrected chi connectivity index (χ3v) is 4.74. The molecule has 1 fully saturated rings. The van der Waals surface area contributed by atoms with E-state index in [2.05, 4.69) is 27.9 Å². The van der Waals surface area contributed by atoms with Gasteiger partial charge in [-0.15, -0.1) is 0 Å². The summed E-state index contributed by atoms with van der Waals surface area (Å²) in [6.07, 6.45) is 6.92. The van der Waals surface area contributed by atoms with Gasteiger partial charge in [0.15, 0.2) is 11.5 Å². The van der Waals surface area contributed by atoms with Crippen molar-refractivity contribution in [2.75, 3.05) is 20.2 Å². The van der Waals surface area contributed by atoms with Gasteiger partial charge in [0.25, 0.3) is 0 Å². The first kappa shape index (κ1) is 16.6. The summed E-state index contributed by atoms with van der Waals surface area (Å²) < 4.78 is 6.19. The Morgan fingerprint density at radius 3 is 2.67 bits per heavy atom. The normalized spacial score (nSPS) is 16.4. The van der Waals surface area contributed by atoms with E-state index in [9.17, 15) is 5.11 Å². The van der Waals surface area contributed by atoms with Crippen molar-refractivity contribution in [3.8, 4) is 11.5 Å². The van der Waals surface area contributed by atoms with Gasteiger partial charge in [0.1, 0.15) is 0 Å². The molecule has 0 atom stereocenters. The predicted octanol–water partition coefficient (Wildman–Crippen LogP) is 4.57. The Labute approximate surface area is 136 Å². The summed E-state index contributed by atoms with van der Waals surface area (Å²) >= 11 is 3.41. The topological polar surface area (TPSA) is 32.7 Å². The number of phenols is 1. The van der Waals surface area contributed by atoms with Gasteiger partial charge < -0.3 is 14.7 Å². The van der Waals surface area contributed by atoms with E-state index in [1.165, 1.54) is 37.7 Å². The summed E-state index contributed by atoms with van der Waals surface area (Å²) in [6, 6.07) is 3.93. The lowest BCUT2D eigenvalue weighted by molar-refractivity contribution is 0.227. The van der Waals surface area contributed by atoms with Crippen LogP contribution in [0.2, 0.25) is 0 Å². The van der Waals surface area contributed by atoms with Gasteiger partial charge in [0.05, 0.1) is 11.1 Å². The Balaban J connectivity index is 1.97. The molecule has 4 heteroatoms. The number of hydrogen-bond donors (Lipinski definition) is 1. The predicted molar refractivity (Wildman–Crippen MR) is 89.9 cm³/mol. The molecule has 0 radical (unpaired) electrons. The number of phenolic OH excluding ortho intramolecular Hbond substituents is 1. The van der Waals surface area contributed by atoms with Crippen LogP contribution in [-0.4, -0.2) is 30.2 Å². The van der Waals surface area contributed by atoms with Crippen LogP contribution in [0.15, 0.2) is 16.6 Å². The molecular formula is C17H26BrNO2. The molecule has 3 nitrogen and oxygen atoms in total. The number of nitrogens with zero attached hydrogens (tertiary/aromatic N) is 1. The molecular weight excluding hydrogens is 330 g/mol. The van der Waals surface area contributed by atoms with E-state index >= 15 is 0 Å². The minimum Gasteiger partial charge on any atom is -0.503 e. The Kier molecular flexibility index (Phi) is 6.37. The molecule has 0 bridgehead atoms. The van der Waals surface area contributed by atoms with Crippen LogP contribution in [-0.2, 0) is 6.54 Å². The van der Waals surface area contributed by atoms with Gasteiger partial charge in [-0.3, -0.25) is 0 Å². The third-order valence-electron chi connectivity index (χ3n) is 4.14. The van der Waals surface area contributed by atoms with Crippen LogP contribution < -0.4 is 4.74 Å². The number of ether oxygens (including phenoxy) is 1. The summed E-state index contributed by atoms with van der Waals surface area (Å²) in [7, 11) is 2.18. The molecule has 0 heterocycles. The Morgan fingerprint density at radius 1 is 1.29 bits per heavy atom. The van der Waals surface area contributed by atoms with Gasteiger partial charge in [-0.25, -0.2) is 0 Å². The molecule has 1 aliphatic rings. The molecule has 1 aromatic carbocycles. The van der Waals surface area contributed by atoms with Crippen LogP contribution in [0.1, 0.15) is 44.6 Å². The Bertz CT molecular complexity index is 458. The maximum atomic E-state index is 9.96. The molecule has 1 aromatic rings. The molecule has 0 spiro atoms. The SMILES string of the molecule is CCOc1cc(CN(C)CC2CCCCC2)cc(Br)c1O. The second-order valence-corrected chi connectivity index (χ2v) is 6.91. The van der Waals surface area contributed by atoms with Crippen molar-refractivity contribution in [2.24, 2.45) is 5.92 Å². The fourth-order valence-electron chi connectivity index (χ4n) is 3.17. The summed E-state index contributed by atoms with van der Waals surface area (Å²) in [5.41, 5.74) is 1.17. The van der Waals surface area contributed by atoms with E-state index in [1.807, 2.05) is 19.1 Å². The second-order valence-electron chi connectivity index (χ2n) is 6.06. The Morgan fingerprint density at radius 2 is 2.00 bits per heavy atom. The van der Waals surface area contributed by atoms with Crippen molar-refractivity contribution in [3.05, 3.63) is 22.2 Å². The maximum Gasteiger partial charge on any atom is 0.172 e. The first-order chi connectivity index (χ1) is 10.1. The van der Waals surface area contributed by atoms with Gasteiger partial charge in [-0.05, 0) is 66.4 Å². The lowest BCUT2D eigenvalue weighted by Gasteiger charge is -2.27. The first-order valence-electron chi connectivity index (χ1n) is 7.93. The number of benzene rings is 1. The standard InChI is InChI=1S/C17H26BrNO2/c1-3-21-16-10-14(9-15(18)17(16)20)12-19(2)11-13-7-5-4-6-8-13/h9-10,13,20H,3-8,11-12H2,1-2H3. The van der Waals surface area contributed by atoms with Crippen molar-refractivity contribution in [1.29, 1.82) is 0 Å². The van der Waals surface area contributed by atoms with Gasteiger partial charge >= 0.3 is 0 Å². The smallest absolute Gasteiger partial charge is 0.172 e. The van der Waals surface area contributed by atoms with Gasteiger partial charge in [-0.1, -0.05) is 19.3 Å². The van der Waals surface area contributed by atoms with Crippen molar-refractivity contribution >= 4 is 15.9 Å². The maximum absolute atomic E-state index is 9.96. The highest BCUT2D eigenvalue weighted by Crippen LogP contribution is 2.36. The summed E-state index contributed by atoms with van der Waals surface area (Å²) in [6.45, 7) is 4.52. The van der Waals surface area contributed by atoms with Crippen LogP contribution >= 0.6 is 15.9 Å². The molecule has 118 valence electrons. The highest BCUT2D eigenvalue weighted by Gasteiger charge is 2.16. The zero-order valence-electron chi connectivity index (χ0n) is 13.1. The number of aromatic hydroxyl groups is 1. The van der Waals surface area contributed by atoms with Crippen LogP contribution in [0.5, 0.6) is 11.5 Å². The lowest BCUT2D eigenvalue weighted by Crippen LogP contribution is -2.26. The van der Waals surface area contributed by atoms with Crippen molar-refractivity contribution in [1.82, 2.24) is 4.90 Å². The monoisotopic (exact) mass is 355 g/mol. The highest BCUT2D eigenvalue weighted by molar-refractivity contribution is 9.10. The van der Waals surface area contributed by atoms with E-state index < -0.39 is 0 Å². The molecule has 21 heavy (non-hydrogen) atoms. The van der Waals surface area contributed by atoms with Crippen LogP contribution in [0, 0.1) is 5.92 Å². The number of halogens is 1. The lowest BCUT2D eigenvalue weighted by atomic mass is 9.89. The van der Waals surface area contributed by atoms with E-state index in [1.54, 1.807) is 0 Å². The van der Waals surface area contributed by atoms with Crippen LogP contribution in [0.25, 0.3) is 0 Å². The molecule has 2 rings (SSSR count). The molecule has 0 saturated heterocycles. The number of hydrogen-bond acceptors (Lipinski definition) is 3. The zero-order chi connectivity index (χ0) is 15.2. The second kappa shape index (κ2) is 8.04. The molecule has 1 saturated carbocycles. The minimum atomic E-state index is 0.190. The summed E-state index contributed by atoms with van der Waals surface area (Å²) in [5.74, 6) is 1.60. The minimum absolute atomic E-state index is 0.190. The molecule has 0 aromatic heterocycles. The van der Waals surface area contributed by atoms with E-state index in [4.69, 9.17) is 4.74 Å². The fraction of sp³-hybridized carbons (Fsp3) is 0.647. The van der Waals surface area contributed by atoms with Crippen molar-refractivity contribution in [3.63, 3.8) is 0 Å². The van der Waals surface area contributed by atoms with E-state index in [-0.39, 0.29) is 5.75 Å². The third kappa shape index (κ3) is 4.89. The molecule has 1 aliphatic carbocycles. The van der Waals surface area contributed by atoms with Gasteiger partial charge in [0, 0.05) is 13.1 Å². The Hall–Kier alpha value is -0.740. The molecule has 0 amide bonds. The fourth-order valence-corrected chi connectivity index (χ4v) is 3.66. The zero-order valence-corrected chi connectivity index (χ0v) is 14.7.